The van der Waals surface area contributed by atoms with E-state index in [1.165, 1.54) is 0 Å². The Kier molecular flexibility index (Phi) is 7.26. The zero-order valence-corrected chi connectivity index (χ0v) is 15.5. The molecule has 2 rings (SSSR count). The fourth-order valence-electron chi connectivity index (χ4n) is 3.31. The van der Waals surface area contributed by atoms with E-state index in [-0.39, 0.29) is 37.0 Å². The van der Waals surface area contributed by atoms with Crippen LogP contribution < -0.4 is 11.1 Å². The van der Waals surface area contributed by atoms with Gasteiger partial charge in [0.1, 0.15) is 0 Å². The molecule has 0 radical (unpaired) electrons. The Morgan fingerprint density at radius 1 is 1.38 bits per heavy atom. The summed E-state index contributed by atoms with van der Waals surface area (Å²) in [5.74, 6) is -0.702. The number of nitrogens with one attached hydrogen (secondary N) is 1. The van der Waals surface area contributed by atoms with Crippen LogP contribution in [0.25, 0.3) is 0 Å². The highest BCUT2D eigenvalue weighted by Gasteiger charge is 2.31. The Bertz CT molecular complexity index is 662. The average molecular weight is 360 g/mol. The molecule has 1 aromatic rings. The lowest BCUT2D eigenvalue weighted by Crippen LogP contribution is -2.46. The quantitative estimate of drug-likeness (QED) is 0.753. The van der Waals surface area contributed by atoms with E-state index < -0.39 is 11.9 Å². The first-order valence-corrected chi connectivity index (χ1v) is 9.10. The van der Waals surface area contributed by atoms with E-state index in [4.69, 9.17) is 5.73 Å². The summed E-state index contributed by atoms with van der Waals surface area (Å²) in [5, 5.41) is 3.10. The molecule has 2 atom stereocenters. The monoisotopic (exact) mass is 360 g/mol. The third kappa shape index (κ3) is 5.91. The third-order valence-electron chi connectivity index (χ3n) is 4.55. The largest absolute Gasteiger partial charge is 0.370 e. The molecule has 1 unspecified atom stereocenters. The zero-order chi connectivity index (χ0) is 19.1. The second-order valence-electron chi connectivity index (χ2n) is 7.07. The van der Waals surface area contributed by atoms with Crippen LogP contribution in [-0.4, -0.2) is 46.6 Å². The van der Waals surface area contributed by atoms with Gasteiger partial charge < -0.3 is 16.0 Å². The van der Waals surface area contributed by atoms with Crippen LogP contribution in [-0.2, 0) is 20.9 Å². The number of nitrogens with two attached hydrogens (primary N) is 1. The highest BCUT2D eigenvalue weighted by molar-refractivity contribution is 5.90. The molecule has 0 spiro atoms. The SMILES string of the molecule is Cc1cccc(CN(C(=O)C[C@@H](C)CC(N)=O)C2CCCNCC2=O)n1. The second-order valence-corrected chi connectivity index (χ2v) is 7.07. The maximum Gasteiger partial charge on any atom is 0.223 e. The van der Waals surface area contributed by atoms with Crippen LogP contribution in [0.5, 0.6) is 0 Å². The lowest BCUT2D eigenvalue weighted by atomic mass is 10.00. The van der Waals surface area contributed by atoms with Crippen molar-refractivity contribution in [1.29, 1.82) is 0 Å². The smallest absolute Gasteiger partial charge is 0.223 e. The summed E-state index contributed by atoms with van der Waals surface area (Å²) in [6.07, 6.45) is 1.81. The number of hydrogen-bond donors (Lipinski definition) is 2. The maximum atomic E-state index is 13.0. The molecule has 1 aromatic heterocycles. The predicted octanol–water partition coefficient (Wildman–Crippen LogP) is 0.941. The van der Waals surface area contributed by atoms with Gasteiger partial charge in [0.2, 0.25) is 11.8 Å². The molecule has 2 amide bonds. The number of aromatic nitrogens is 1. The Labute approximate surface area is 154 Å². The van der Waals surface area contributed by atoms with Gasteiger partial charge in [-0.2, -0.15) is 0 Å². The molecule has 7 nitrogen and oxygen atoms in total. The molecule has 0 aliphatic carbocycles. The number of nitrogens with zero attached hydrogens (tertiary/aromatic N) is 2. The number of aryl methyl sites for hydroxylation is 1. The van der Waals surface area contributed by atoms with Crippen LogP contribution in [0.2, 0.25) is 0 Å². The molecule has 142 valence electrons. The fraction of sp³-hybridized carbons (Fsp3) is 0.579. The first-order chi connectivity index (χ1) is 12.4. The van der Waals surface area contributed by atoms with Gasteiger partial charge in [0.15, 0.2) is 5.78 Å². The molecule has 1 aliphatic rings. The van der Waals surface area contributed by atoms with Crippen molar-refractivity contribution < 1.29 is 14.4 Å². The topological polar surface area (TPSA) is 105 Å². The van der Waals surface area contributed by atoms with Crippen molar-refractivity contribution in [2.24, 2.45) is 11.7 Å². The predicted molar refractivity (Wildman–Crippen MR) is 98.0 cm³/mol. The van der Waals surface area contributed by atoms with Crippen LogP contribution in [0.1, 0.15) is 44.0 Å². The normalized spacial score (nSPS) is 18.8. The molecular formula is C19H28N4O3. The minimum atomic E-state index is -0.458. The highest BCUT2D eigenvalue weighted by atomic mass is 16.2. The fourth-order valence-corrected chi connectivity index (χ4v) is 3.31. The summed E-state index contributed by atoms with van der Waals surface area (Å²) in [5.41, 5.74) is 6.86. The molecule has 1 aliphatic heterocycles. The first-order valence-electron chi connectivity index (χ1n) is 9.10. The van der Waals surface area contributed by atoms with E-state index in [1.807, 2.05) is 32.0 Å². The second kappa shape index (κ2) is 9.43. The van der Waals surface area contributed by atoms with E-state index in [0.29, 0.717) is 13.0 Å². The summed E-state index contributed by atoms with van der Waals surface area (Å²) in [7, 11) is 0. The van der Waals surface area contributed by atoms with Crippen molar-refractivity contribution in [2.45, 2.75) is 52.1 Å². The summed E-state index contributed by atoms with van der Waals surface area (Å²) in [4.78, 5) is 42.7. The Hall–Kier alpha value is -2.28. The molecule has 7 heteroatoms. The van der Waals surface area contributed by atoms with Crippen molar-refractivity contribution in [3.05, 3.63) is 29.6 Å². The van der Waals surface area contributed by atoms with Gasteiger partial charge in [-0.25, -0.2) is 0 Å². The van der Waals surface area contributed by atoms with Gasteiger partial charge in [0.05, 0.1) is 24.8 Å². The Morgan fingerprint density at radius 2 is 2.15 bits per heavy atom. The van der Waals surface area contributed by atoms with E-state index >= 15 is 0 Å². The van der Waals surface area contributed by atoms with E-state index in [0.717, 1.165) is 24.4 Å². The lowest BCUT2D eigenvalue weighted by molar-refractivity contribution is -0.141. The van der Waals surface area contributed by atoms with Gasteiger partial charge in [-0.05, 0) is 44.4 Å². The van der Waals surface area contributed by atoms with Crippen molar-refractivity contribution >= 4 is 17.6 Å². The first kappa shape index (κ1) is 20.0. The van der Waals surface area contributed by atoms with Gasteiger partial charge in [0, 0.05) is 18.5 Å². The summed E-state index contributed by atoms with van der Waals surface area (Å²) < 4.78 is 0. The third-order valence-corrected chi connectivity index (χ3v) is 4.55. The summed E-state index contributed by atoms with van der Waals surface area (Å²) in [6.45, 7) is 5.05. The van der Waals surface area contributed by atoms with Gasteiger partial charge in [0.25, 0.3) is 0 Å². The number of rotatable bonds is 7. The number of pyridine rings is 1. The van der Waals surface area contributed by atoms with Crippen molar-refractivity contribution in [3.63, 3.8) is 0 Å². The minimum absolute atomic E-state index is 0.0195. The highest BCUT2D eigenvalue weighted by Crippen LogP contribution is 2.19. The van der Waals surface area contributed by atoms with E-state index in [2.05, 4.69) is 10.3 Å². The van der Waals surface area contributed by atoms with Gasteiger partial charge in [-0.15, -0.1) is 0 Å². The lowest BCUT2D eigenvalue weighted by Gasteiger charge is -2.31. The summed E-state index contributed by atoms with van der Waals surface area (Å²) in [6, 6.07) is 5.19. The van der Waals surface area contributed by atoms with Crippen LogP contribution in [0.4, 0.5) is 0 Å². The minimum Gasteiger partial charge on any atom is -0.370 e. The standard InChI is InChI=1S/C19H28N4O3/c1-13(9-18(20)25)10-19(26)23(12-15-6-3-5-14(2)22-15)16-7-4-8-21-11-17(16)24/h3,5-6,13,16,21H,4,7-12H2,1-2H3,(H2,20,25)/t13-,16?/m0/s1. The molecule has 26 heavy (non-hydrogen) atoms. The number of carbonyl (C=O) groups is 3. The number of carbonyl (C=O) groups excluding carboxylic acids is 3. The van der Waals surface area contributed by atoms with Gasteiger partial charge >= 0.3 is 0 Å². The molecule has 3 N–H and O–H groups in total. The molecule has 0 aromatic carbocycles. The molecule has 1 saturated heterocycles. The molecule has 0 saturated carbocycles. The summed E-state index contributed by atoms with van der Waals surface area (Å²) >= 11 is 0. The van der Waals surface area contributed by atoms with Crippen molar-refractivity contribution in [3.8, 4) is 0 Å². The van der Waals surface area contributed by atoms with E-state index in [1.54, 1.807) is 4.90 Å². The average Bonchev–Trinajstić information content (AvgIpc) is 2.76. The van der Waals surface area contributed by atoms with Gasteiger partial charge in [-0.1, -0.05) is 13.0 Å². The Morgan fingerprint density at radius 3 is 2.85 bits per heavy atom. The van der Waals surface area contributed by atoms with Crippen molar-refractivity contribution in [2.75, 3.05) is 13.1 Å². The molecule has 2 heterocycles. The van der Waals surface area contributed by atoms with Gasteiger partial charge in [-0.3, -0.25) is 19.4 Å². The van der Waals surface area contributed by atoms with Crippen LogP contribution >= 0.6 is 0 Å². The molecular weight excluding hydrogens is 332 g/mol. The Balaban J connectivity index is 2.20. The number of hydrogen-bond acceptors (Lipinski definition) is 5. The van der Waals surface area contributed by atoms with E-state index in [9.17, 15) is 14.4 Å². The molecule has 1 fully saturated rings. The van der Waals surface area contributed by atoms with Crippen molar-refractivity contribution in [1.82, 2.24) is 15.2 Å². The van der Waals surface area contributed by atoms with Crippen LogP contribution in [0.15, 0.2) is 18.2 Å². The van der Waals surface area contributed by atoms with Crippen LogP contribution in [0.3, 0.4) is 0 Å². The molecule has 0 bridgehead atoms. The zero-order valence-electron chi connectivity index (χ0n) is 15.5. The number of ketones is 1. The number of primary amides is 1. The maximum absolute atomic E-state index is 13.0. The number of Topliss-reactive ketones (excluding diaryl/α,β-unsaturated/α-hetero) is 1. The number of amides is 2. The van der Waals surface area contributed by atoms with Crippen LogP contribution in [0, 0.1) is 12.8 Å².